The van der Waals surface area contributed by atoms with Crippen LogP contribution in [0.15, 0.2) is 0 Å². The van der Waals surface area contributed by atoms with Crippen LogP contribution in [0.1, 0.15) is 25.7 Å². The second-order valence-electron chi connectivity index (χ2n) is 2.17. The SMILES string of the molecule is O=[C-]NCCCCCCS.[W].[W]. The monoisotopic (exact) mass is 528 g/mol. The second-order valence-corrected chi connectivity index (χ2v) is 2.61. The first-order valence-corrected chi connectivity index (χ1v) is 4.26. The number of nitrogens with one attached hydrogen (secondary N) is 1. The molecular weight excluding hydrogens is 514 g/mol. The molecule has 1 N–H and O–H groups in total. The van der Waals surface area contributed by atoms with Gasteiger partial charge in [-0.2, -0.15) is 19.0 Å². The first kappa shape index (κ1) is 18.9. The van der Waals surface area contributed by atoms with E-state index >= 15 is 0 Å². The van der Waals surface area contributed by atoms with Crippen LogP contribution in [0.2, 0.25) is 0 Å². The van der Waals surface area contributed by atoms with Crippen LogP contribution in [0.4, 0.5) is 0 Å². The van der Waals surface area contributed by atoms with Gasteiger partial charge in [0.2, 0.25) is 0 Å². The molecule has 72 valence electrons. The molecule has 0 aromatic rings. The first-order valence-electron chi connectivity index (χ1n) is 3.62. The molecule has 0 bridgehead atoms. The number of carbonyl (C=O) groups excluding carboxylic acids is 1. The van der Waals surface area contributed by atoms with Crippen LogP contribution in [-0.2, 0) is 46.9 Å². The van der Waals surface area contributed by atoms with Gasteiger partial charge in [0.05, 0.1) is 0 Å². The predicted molar refractivity (Wildman–Crippen MR) is 46.0 cm³/mol. The molecule has 0 unspecified atom stereocenters. The van der Waals surface area contributed by atoms with Gasteiger partial charge in [-0.25, -0.2) is 0 Å². The zero-order valence-electron chi connectivity index (χ0n) is 6.91. The molecule has 0 radical (unpaired) electrons. The zero-order valence-corrected chi connectivity index (χ0v) is 13.7. The molecule has 0 heterocycles. The Morgan fingerprint density at radius 3 is 2.17 bits per heavy atom. The van der Waals surface area contributed by atoms with Crippen molar-refractivity contribution in [3.8, 4) is 0 Å². The molecule has 0 atom stereocenters. The summed E-state index contributed by atoms with van der Waals surface area (Å²) in [4.78, 5) is 9.65. The van der Waals surface area contributed by atoms with Crippen molar-refractivity contribution in [2.45, 2.75) is 25.7 Å². The van der Waals surface area contributed by atoms with E-state index in [1.165, 1.54) is 19.3 Å². The second kappa shape index (κ2) is 18.1. The molecular formula is C7H14NOSW2-. The molecule has 2 nitrogen and oxygen atoms in total. The fourth-order valence-corrected chi connectivity index (χ4v) is 0.953. The van der Waals surface area contributed by atoms with Crippen molar-refractivity contribution in [2.75, 3.05) is 12.3 Å². The Labute approximate surface area is 109 Å². The van der Waals surface area contributed by atoms with Crippen molar-refractivity contribution in [3.05, 3.63) is 0 Å². The summed E-state index contributed by atoms with van der Waals surface area (Å²) >= 11 is 4.09. The van der Waals surface area contributed by atoms with Crippen molar-refractivity contribution in [3.63, 3.8) is 0 Å². The van der Waals surface area contributed by atoms with Crippen molar-refractivity contribution >= 4 is 19.0 Å². The zero-order chi connectivity index (χ0) is 7.66. The maximum atomic E-state index is 9.65. The molecule has 1 amide bonds. The molecule has 0 saturated heterocycles. The third-order valence-electron chi connectivity index (χ3n) is 1.28. The van der Waals surface area contributed by atoms with Gasteiger partial charge in [-0.3, -0.25) is 0 Å². The molecule has 0 aliphatic carbocycles. The maximum Gasteiger partial charge on any atom is 0 e. The van der Waals surface area contributed by atoms with E-state index in [0.29, 0.717) is 0 Å². The Hall–Kier alpha value is 1.20. The first-order chi connectivity index (χ1) is 4.91. The summed E-state index contributed by atoms with van der Waals surface area (Å²) in [6.07, 6.45) is 6.26. The third kappa shape index (κ3) is 17.3. The average molecular weight is 528 g/mol. The van der Waals surface area contributed by atoms with E-state index < -0.39 is 0 Å². The molecule has 0 saturated carbocycles. The molecule has 0 spiro atoms. The number of unbranched alkanes of at least 4 members (excludes halogenated alkanes) is 3. The van der Waals surface area contributed by atoms with Crippen LogP contribution in [0, 0.1) is 0 Å². The Morgan fingerprint density at radius 1 is 1.08 bits per heavy atom. The molecule has 12 heavy (non-hydrogen) atoms. The fraction of sp³-hybridized carbons (Fsp3) is 0.857. The Morgan fingerprint density at radius 2 is 1.67 bits per heavy atom. The van der Waals surface area contributed by atoms with Crippen LogP contribution < -0.4 is 5.32 Å². The predicted octanol–water partition coefficient (Wildman–Crippen LogP) is 1.13. The van der Waals surface area contributed by atoms with Crippen molar-refractivity contribution in [1.82, 2.24) is 5.32 Å². The van der Waals surface area contributed by atoms with Gasteiger partial charge in [-0.15, -0.1) is 0 Å². The number of hydrogen-bond acceptors (Lipinski definition) is 2. The van der Waals surface area contributed by atoms with Crippen LogP contribution in [-0.4, -0.2) is 18.7 Å². The third-order valence-corrected chi connectivity index (χ3v) is 1.60. The van der Waals surface area contributed by atoms with Crippen LogP contribution in [0.3, 0.4) is 0 Å². The Bertz CT molecular complexity index is 85.8. The van der Waals surface area contributed by atoms with Gasteiger partial charge in [0.15, 0.2) is 0 Å². The minimum absolute atomic E-state index is 0. The quantitative estimate of drug-likeness (QED) is 0.221. The minimum atomic E-state index is 0. The van der Waals surface area contributed by atoms with E-state index in [-0.39, 0.29) is 42.1 Å². The largest absolute Gasteiger partial charge is 0.530 e. The van der Waals surface area contributed by atoms with Gasteiger partial charge in [-0.05, 0) is 25.1 Å². The van der Waals surface area contributed by atoms with Gasteiger partial charge < -0.3 is 10.1 Å². The molecule has 0 fully saturated rings. The Kier molecular flexibility index (Phi) is 28.4. The normalized spacial score (nSPS) is 7.75. The van der Waals surface area contributed by atoms with Gasteiger partial charge in [-0.1, -0.05) is 12.8 Å². The summed E-state index contributed by atoms with van der Waals surface area (Å²) in [5, 5.41) is 2.50. The van der Waals surface area contributed by atoms with E-state index in [1.807, 2.05) is 0 Å². The number of amides is 1. The number of rotatable bonds is 7. The minimum Gasteiger partial charge on any atom is -0.530 e. The van der Waals surface area contributed by atoms with Gasteiger partial charge >= 0.3 is 0 Å². The average Bonchev–Trinajstić information content (AvgIpc) is 1.97. The molecule has 0 aromatic carbocycles. The molecule has 0 aliphatic heterocycles. The van der Waals surface area contributed by atoms with E-state index in [0.717, 1.165) is 18.7 Å². The summed E-state index contributed by atoms with van der Waals surface area (Å²) < 4.78 is 0. The van der Waals surface area contributed by atoms with Gasteiger partial charge in [0.25, 0.3) is 0 Å². The van der Waals surface area contributed by atoms with Gasteiger partial charge in [0, 0.05) is 42.1 Å². The van der Waals surface area contributed by atoms with Crippen LogP contribution >= 0.6 is 12.6 Å². The van der Waals surface area contributed by atoms with E-state index in [2.05, 4.69) is 17.9 Å². The molecule has 0 rings (SSSR count). The van der Waals surface area contributed by atoms with E-state index in [1.54, 1.807) is 6.41 Å². The smallest absolute Gasteiger partial charge is 0 e. The van der Waals surface area contributed by atoms with Crippen LogP contribution in [0.5, 0.6) is 0 Å². The summed E-state index contributed by atoms with van der Waals surface area (Å²) in [5.74, 6) is 0.966. The summed E-state index contributed by atoms with van der Waals surface area (Å²) in [6, 6.07) is 0. The summed E-state index contributed by atoms with van der Waals surface area (Å²) in [6.45, 7) is 0.760. The molecule has 0 aromatic heterocycles. The summed E-state index contributed by atoms with van der Waals surface area (Å²) in [5.41, 5.74) is 0. The van der Waals surface area contributed by atoms with Crippen LogP contribution in [0.25, 0.3) is 0 Å². The summed E-state index contributed by atoms with van der Waals surface area (Å²) in [7, 11) is 0. The van der Waals surface area contributed by atoms with Crippen molar-refractivity contribution < 1.29 is 46.9 Å². The molecule has 0 aliphatic rings. The fourth-order valence-electron chi connectivity index (χ4n) is 0.730. The van der Waals surface area contributed by atoms with Gasteiger partial charge in [0.1, 0.15) is 0 Å². The van der Waals surface area contributed by atoms with Crippen molar-refractivity contribution in [1.29, 1.82) is 0 Å². The standard InChI is InChI=1S/C7H14NOS.2W/c9-7-8-5-3-1-2-4-6-10;;/h10H,1-6H2,(H,8,9);;/q-1;;. The molecule has 5 heteroatoms. The van der Waals surface area contributed by atoms with E-state index in [9.17, 15) is 4.79 Å². The topological polar surface area (TPSA) is 29.1 Å². The Balaban J connectivity index is -0.000000405. The van der Waals surface area contributed by atoms with E-state index in [4.69, 9.17) is 0 Å². The maximum absolute atomic E-state index is 9.65. The number of hydrogen-bond donors (Lipinski definition) is 2. The number of thiol groups is 1. The van der Waals surface area contributed by atoms with Crippen molar-refractivity contribution in [2.24, 2.45) is 0 Å².